The second-order valence-electron chi connectivity index (χ2n) is 7.03. The zero-order valence-corrected chi connectivity index (χ0v) is 22.0. The van der Waals surface area contributed by atoms with Crippen LogP contribution in [-0.2, 0) is 0 Å². The summed E-state index contributed by atoms with van der Waals surface area (Å²) in [5.41, 5.74) is 2.01. The predicted octanol–water partition coefficient (Wildman–Crippen LogP) is 5.51. The Bertz CT molecular complexity index is 1180. The maximum absolute atomic E-state index is 13.6. The number of benzene rings is 1. The molecule has 0 fully saturated rings. The first-order valence-electron chi connectivity index (χ1n) is 9.93. The van der Waals surface area contributed by atoms with Crippen LogP contribution >= 0.6 is 43.5 Å². The number of aromatic nitrogens is 3. The molecule has 10 heteroatoms. The molecular formula is C22H22Br2ClN5O2. The monoisotopic (exact) mass is 581 g/mol. The van der Waals surface area contributed by atoms with Crippen molar-refractivity contribution in [1.29, 1.82) is 0 Å². The number of rotatable bonds is 6. The molecule has 3 aromatic rings. The minimum atomic E-state index is -0.357. The number of carbonyl (C=O) groups excluding carboxylic acids is 2. The summed E-state index contributed by atoms with van der Waals surface area (Å²) in [6.07, 6.45) is 1.58. The first kappa shape index (κ1) is 24.4. The van der Waals surface area contributed by atoms with Crippen LogP contribution in [0.15, 0.2) is 45.6 Å². The summed E-state index contributed by atoms with van der Waals surface area (Å²) in [6, 6.07) is 8.60. The fourth-order valence-electron chi connectivity index (χ4n) is 3.50. The number of carbonyl (C=O) groups is 2. The summed E-state index contributed by atoms with van der Waals surface area (Å²) in [5.74, 6) is -0.163. The third-order valence-corrected chi connectivity index (χ3v) is 6.17. The normalized spacial score (nSPS) is 10.8. The van der Waals surface area contributed by atoms with Gasteiger partial charge in [-0.15, -0.1) is 0 Å². The van der Waals surface area contributed by atoms with Crippen LogP contribution in [0.3, 0.4) is 0 Å². The fourth-order valence-corrected chi connectivity index (χ4v) is 4.65. The van der Waals surface area contributed by atoms with Crippen LogP contribution < -0.4 is 4.90 Å². The Balaban J connectivity index is 2.12. The molecule has 0 atom stereocenters. The van der Waals surface area contributed by atoms with Gasteiger partial charge < -0.3 is 9.80 Å². The van der Waals surface area contributed by atoms with Crippen LogP contribution in [-0.4, -0.2) is 51.6 Å². The van der Waals surface area contributed by atoms with Gasteiger partial charge in [-0.3, -0.25) is 9.59 Å². The number of pyridine rings is 1. The van der Waals surface area contributed by atoms with Gasteiger partial charge in [0.2, 0.25) is 0 Å². The average molecular weight is 584 g/mol. The predicted molar refractivity (Wildman–Crippen MR) is 133 cm³/mol. The molecule has 0 spiro atoms. The van der Waals surface area contributed by atoms with E-state index in [-0.39, 0.29) is 17.5 Å². The Labute approximate surface area is 208 Å². The van der Waals surface area contributed by atoms with Gasteiger partial charge >= 0.3 is 0 Å². The molecule has 0 bridgehead atoms. The molecule has 0 saturated carbocycles. The SMILES string of the molecule is CCN(CC)C(=O)c1cc(Br)cc(C)c1N(C)C(=O)c1cc(Br)nn1-c1ncccc1Cl. The fraction of sp³-hybridized carbons (Fsp3) is 0.273. The number of nitrogens with zero attached hydrogens (tertiary/aromatic N) is 5. The van der Waals surface area contributed by atoms with E-state index in [0.29, 0.717) is 39.8 Å². The largest absolute Gasteiger partial charge is 0.339 e. The van der Waals surface area contributed by atoms with Crippen molar-refractivity contribution >= 4 is 61.0 Å². The Kier molecular flexibility index (Phi) is 7.74. The van der Waals surface area contributed by atoms with E-state index >= 15 is 0 Å². The molecule has 32 heavy (non-hydrogen) atoms. The molecule has 0 aliphatic rings. The zero-order valence-electron chi connectivity index (χ0n) is 18.1. The van der Waals surface area contributed by atoms with Gasteiger partial charge in [0.1, 0.15) is 10.3 Å². The van der Waals surface area contributed by atoms with E-state index in [1.807, 2.05) is 26.8 Å². The van der Waals surface area contributed by atoms with E-state index in [9.17, 15) is 9.59 Å². The standard InChI is InChI=1S/C22H22Br2ClN5O2/c1-5-29(6-2)21(31)15-11-14(23)10-13(3)19(15)28(4)22(32)17-12-18(24)27-30(17)20-16(25)8-7-9-26-20/h7-12H,5-6H2,1-4H3. The number of hydrogen-bond acceptors (Lipinski definition) is 4. The van der Waals surface area contributed by atoms with Crippen LogP contribution in [0, 0.1) is 6.92 Å². The smallest absolute Gasteiger partial charge is 0.276 e. The van der Waals surface area contributed by atoms with Gasteiger partial charge in [0.05, 0.1) is 16.3 Å². The molecule has 0 aliphatic carbocycles. The lowest BCUT2D eigenvalue weighted by atomic mass is 10.0. The molecule has 0 N–H and O–H groups in total. The molecule has 0 unspecified atom stereocenters. The third-order valence-electron chi connectivity index (χ3n) is 5.02. The third kappa shape index (κ3) is 4.74. The molecule has 2 amide bonds. The Morgan fingerprint density at radius 2 is 1.81 bits per heavy atom. The maximum Gasteiger partial charge on any atom is 0.276 e. The molecule has 7 nitrogen and oxygen atoms in total. The van der Waals surface area contributed by atoms with Crippen LogP contribution in [0.2, 0.25) is 5.02 Å². The summed E-state index contributed by atoms with van der Waals surface area (Å²) in [5, 5.41) is 4.70. The minimum Gasteiger partial charge on any atom is -0.339 e. The van der Waals surface area contributed by atoms with Gasteiger partial charge in [0.15, 0.2) is 5.82 Å². The van der Waals surface area contributed by atoms with Crippen LogP contribution in [0.4, 0.5) is 5.69 Å². The highest BCUT2D eigenvalue weighted by Gasteiger charge is 2.28. The zero-order chi connectivity index (χ0) is 23.6. The maximum atomic E-state index is 13.6. The van der Waals surface area contributed by atoms with Crippen molar-refractivity contribution in [3.63, 3.8) is 0 Å². The van der Waals surface area contributed by atoms with Gasteiger partial charge in [0.25, 0.3) is 11.8 Å². The molecule has 1 aromatic carbocycles. The van der Waals surface area contributed by atoms with E-state index in [4.69, 9.17) is 11.6 Å². The van der Waals surface area contributed by atoms with Crippen LogP contribution in [0.1, 0.15) is 40.3 Å². The van der Waals surface area contributed by atoms with Crippen molar-refractivity contribution in [3.05, 3.63) is 67.4 Å². The first-order valence-corrected chi connectivity index (χ1v) is 11.9. The Morgan fingerprint density at radius 3 is 2.44 bits per heavy atom. The van der Waals surface area contributed by atoms with Crippen molar-refractivity contribution < 1.29 is 9.59 Å². The van der Waals surface area contributed by atoms with Crippen LogP contribution in [0.5, 0.6) is 0 Å². The second-order valence-corrected chi connectivity index (χ2v) is 9.17. The number of hydrogen-bond donors (Lipinski definition) is 0. The summed E-state index contributed by atoms with van der Waals surface area (Å²) < 4.78 is 2.62. The molecule has 2 heterocycles. The lowest BCUT2D eigenvalue weighted by Gasteiger charge is -2.26. The summed E-state index contributed by atoms with van der Waals surface area (Å²) >= 11 is 13.1. The Morgan fingerprint density at radius 1 is 1.12 bits per heavy atom. The quantitative estimate of drug-likeness (QED) is 0.384. The molecule has 168 valence electrons. The number of aryl methyl sites for hydroxylation is 1. The molecule has 0 aliphatic heterocycles. The van der Waals surface area contributed by atoms with Crippen molar-refractivity contribution in [2.24, 2.45) is 0 Å². The van der Waals surface area contributed by atoms with Crippen LogP contribution in [0.25, 0.3) is 5.82 Å². The van der Waals surface area contributed by atoms with E-state index in [1.165, 1.54) is 9.58 Å². The first-order chi connectivity index (χ1) is 15.2. The highest BCUT2D eigenvalue weighted by atomic mass is 79.9. The summed E-state index contributed by atoms with van der Waals surface area (Å²) in [6.45, 7) is 6.85. The van der Waals surface area contributed by atoms with Crippen molar-refractivity contribution in [2.45, 2.75) is 20.8 Å². The van der Waals surface area contributed by atoms with Gasteiger partial charge in [0, 0.05) is 36.9 Å². The summed E-state index contributed by atoms with van der Waals surface area (Å²) in [7, 11) is 1.64. The van der Waals surface area contributed by atoms with E-state index < -0.39 is 0 Å². The molecule has 2 aromatic heterocycles. The van der Waals surface area contributed by atoms with Crippen molar-refractivity contribution in [3.8, 4) is 5.82 Å². The number of halogens is 3. The van der Waals surface area contributed by atoms with Gasteiger partial charge in [-0.1, -0.05) is 27.5 Å². The minimum absolute atomic E-state index is 0.142. The lowest BCUT2D eigenvalue weighted by Crippen LogP contribution is -2.35. The van der Waals surface area contributed by atoms with E-state index in [1.54, 1.807) is 42.4 Å². The van der Waals surface area contributed by atoms with E-state index in [0.717, 1.165) is 10.0 Å². The number of anilines is 1. The summed E-state index contributed by atoms with van der Waals surface area (Å²) in [4.78, 5) is 34.3. The number of amides is 2. The average Bonchev–Trinajstić information content (AvgIpc) is 3.14. The topological polar surface area (TPSA) is 71.3 Å². The van der Waals surface area contributed by atoms with Crippen molar-refractivity contribution in [2.75, 3.05) is 25.0 Å². The molecule has 0 radical (unpaired) electrons. The Hall–Kier alpha value is -2.23. The van der Waals surface area contributed by atoms with Crippen molar-refractivity contribution in [1.82, 2.24) is 19.7 Å². The lowest BCUT2D eigenvalue weighted by molar-refractivity contribution is 0.0773. The second kappa shape index (κ2) is 10.1. The highest BCUT2D eigenvalue weighted by Crippen LogP contribution is 2.31. The molecular weight excluding hydrogens is 562 g/mol. The van der Waals surface area contributed by atoms with Gasteiger partial charge in [-0.25, -0.2) is 9.67 Å². The van der Waals surface area contributed by atoms with E-state index in [2.05, 4.69) is 41.9 Å². The highest BCUT2D eigenvalue weighted by molar-refractivity contribution is 9.10. The van der Waals surface area contributed by atoms with Gasteiger partial charge in [-0.2, -0.15) is 5.10 Å². The van der Waals surface area contributed by atoms with Gasteiger partial charge in [-0.05, 0) is 66.5 Å². The molecule has 0 saturated heterocycles. The molecule has 3 rings (SSSR count).